The lowest BCUT2D eigenvalue weighted by Gasteiger charge is -2.26. The minimum atomic E-state index is 0.523. The number of hydrogen-bond donors (Lipinski definition) is 0. The first kappa shape index (κ1) is 36.7. The van der Waals surface area contributed by atoms with Gasteiger partial charge in [-0.3, -0.25) is 0 Å². The maximum Gasteiger partial charge on any atom is 0.181 e. The minimum absolute atomic E-state index is 0.523. The molecule has 7 nitrogen and oxygen atoms in total. The Hall–Kier alpha value is -4.13. The molecule has 0 fully saturated rings. The van der Waals surface area contributed by atoms with Gasteiger partial charge >= 0.3 is 0 Å². The molecule has 0 amide bonds. The van der Waals surface area contributed by atoms with Crippen LogP contribution < -0.4 is 19.1 Å². The fourth-order valence-corrected chi connectivity index (χ4v) is 6.15. The highest BCUT2D eigenvalue weighted by atomic mass is 16.5. The molecule has 0 aliphatic carbocycles. The molecule has 0 N–H and O–H groups in total. The van der Waals surface area contributed by atoms with Gasteiger partial charge in [0.2, 0.25) is 0 Å². The van der Waals surface area contributed by atoms with Crippen molar-refractivity contribution in [2.75, 3.05) is 39.3 Å². The van der Waals surface area contributed by atoms with Gasteiger partial charge in [0.25, 0.3) is 0 Å². The highest BCUT2D eigenvalue weighted by molar-refractivity contribution is 6.54. The molecule has 1 aliphatic rings. The number of ether oxygens (including phenoxy) is 3. The summed E-state index contributed by atoms with van der Waals surface area (Å²) in [5, 5.41) is 0. The molecule has 258 valence electrons. The second-order valence-corrected chi connectivity index (χ2v) is 12.6. The van der Waals surface area contributed by atoms with Crippen molar-refractivity contribution in [3.63, 3.8) is 0 Å². The number of methoxy groups -OCH3 is 3. The van der Waals surface area contributed by atoms with Gasteiger partial charge in [0, 0.05) is 24.3 Å². The summed E-state index contributed by atoms with van der Waals surface area (Å²) in [6.07, 6.45) is 15.6. The van der Waals surface area contributed by atoms with Crippen molar-refractivity contribution in [1.29, 1.82) is 0 Å². The molecule has 1 heterocycles. The fourth-order valence-electron chi connectivity index (χ4n) is 6.15. The Labute approximate surface area is 289 Å². The summed E-state index contributed by atoms with van der Waals surface area (Å²) in [7, 11) is 4.97. The van der Waals surface area contributed by atoms with Crippen LogP contribution in [0.5, 0.6) is 17.2 Å². The molecule has 1 aliphatic heterocycles. The number of aliphatic imine (C=N–C) groups is 3. The highest BCUT2D eigenvalue weighted by Crippen LogP contribution is 2.32. The number of para-hydroxylation sites is 1. The van der Waals surface area contributed by atoms with Crippen molar-refractivity contribution in [3.8, 4) is 17.2 Å². The molecule has 0 saturated heterocycles. The number of amidine groups is 2. The van der Waals surface area contributed by atoms with E-state index in [-0.39, 0.29) is 0 Å². The van der Waals surface area contributed by atoms with Crippen molar-refractivity contribution in [2.45, 2.75) is 97.8 Å². The predicted molar refractivity (Wildman–Crippen MR) is 203 cm³/mol. The van der Waals surface area contributed by atoms with Crippen LogP contribution in [0.2, 0.25) is 0 Å². The van der Waals surface area contributed by atoms with Gasteiger partial charge in [-0.05, 0) is 73.9 Å². The Balaban J connectivity index is 1.64. The van der Waals surface area contributed by atoms with E-state index in [1.54, 1.807) is 21.3 Å². The topological polar surface area (TPSA) is 68.0 Å². The monoisotopic (exact) mass is 652 g/mol. The average Bonchev–Trinajstić information content (AvgIpc) is 3.54. The summed E-state index contributed by atoms with van der Waals surface area (Å²) >= 11 is 0. The molecule has 7 heteroatoms. The number of rotatable bonds is 21. The third-order valence-corrected chi connectivity index (χ3v) is 8.99. The summed E-state index contributed by atoms with van der Waals surface area (Å²) in [5.41, 5.74) is 5.44. The predicted octanol–water partition coefficient (Wildman–Crippen LogP) is 10.5. The van der Waals surface area contributed by atoms with Gasteiger partial charge < -0.3 is 19.1 Å². The molecule has 0 atom stereocenters. The molecular formula is C41H56N4O3. The summed E-state index contributed by atoms with van der Waals surface area (Å²) in [5.74, 6) is 3.15. The Morgan fingerprint density at radius 3 is 1.88 bits per heavy atom. The Morgan fingerprint density at radius 1 is 0.625 bits per heavy atom. The first-order chi connectivity index (χ1) is 23.5. The zero-order valence-electron chi connectivity index (χ0n) is 30.2. The number of anilines is 1. The lowest BCUT2D eigenvalue weighted by atomic mass is 10.1. The van der Waals surface area contributed by atoms with E-state index in [9.17, 15) is 0 Å². The van der Waals surface area contributed by atoms with Crippen LogP contribution in [0.4, 0.5) is 11.4 Å². The largest absolute Gasteiger partial charge is 0.497 e. The van der Waals surface area contributed by atoms with Gasteiger partial charge in [0.05, 0.1) is 32.6 Å². The van der Waals surface area contributed by atoms with Crippen molar-refractivity contribution in [3.05, 3.63) is 77.4 Å². The van der Waals surface area contributed by atoms with E-state index in [4.69, 9.17) is 29.2 Å². The first-order valence-electron chi connectivity index (χ1n) is 18.0. The zero-order valence-corrected chi connectivity index (χ0v) is 30.2. The fraction of sp³-hybridized carbons (Fsp3) is 0.488. The van der Waals surface area contributed by atoms with E-state index >= 15 is 0 Å². The molecule has 4 rings (SSSR count). The van der Waals surface area contributed by atoms with E-state index in [2.05, 4.69) is 43.9 Å². The number of hydrogen-bond acceptors (Lipinski definition) is 6. The molecule has 3 aromatic carbocycles. The maximum atomic E-state index is 5.75. The number of unbranched alkanes of at least 4 members (excludes halogenated alkanes) is 10. The molecule has 0 spiro atoms. The van der Waals surface area contributed by atoms with Crippen LogP contribution in [0.25, 0.3) is 0 Å². The smallest absolute Gasteiger partial charge is 0.181 e. The summed E-state index contributed by atoms with van der Waals surface area (Å²) in [6.45, 7) is 8.88. The lowest BCUT2D eigenvalue weighted by Crippen LogP contribution is -2.25. The van der Waals surface area contributed by atoms with E-state index < -0.39 is 0 Å². The molecule has 0 aromatic heterocycles. The summed E-state index contributed by atoms with van der Waals surface area (Å²) in [4.78, 5) is 17.7. The molecule has 0 saturated carbocycles. The van der Waals surface area contributed by atoms with Crippen molar-refractivity contribution >= 4 is 28.8 Å². The van der Waals surface area contributed by atoms with Crippen LogP contribution >= 0.6 is 0 Å². The van der Waals surface area contributed by atoms with Gasteiger partial charge in [-0.25, -0.2) is 15.0 Å². The van der Waals surface area contributed by atoms with Gasteiger partial charge in [-0.2, -0.15) is 0 Å². The molecular weight excluding hydrogens is 596 g/mol. The Bertz CT molecular complexity index is 1530. The standard InChI is InChI=1S/C41H56N4O3/c1-7-9-11-13-15-19-27-45(28-20-16-14-12-10-8-2)32-23-25-36(31(3)29-32)42-41-39(35-30-33(46-4)24-26-38(35)48-6)43-40(44-41)34-21-17-18-22-37(34)47-5/h17-18,21-26,29-30H,7-16,19-20,27-28H2,1-6H3/b42-41-. The number of nitrogens with zero attached hydrogens (tertiary/aromatic N) is 4. The number of aryl methyl sites for hydroxylation is 1. The second kappa shape index (κ2) is 19.6. The van der Waals surface area contributed by atoms with Crippen LogP contribution in [0.3, 0.4) is 0 Å². The highest BCUT2D eigenvalue weighted by Gasteiger charge is 2.26. The third kappa shape index (κ3) is 10.2. The van der Waals surface area contributed by atoms with Gasteiger partial charge in [0.1, 0.15) is 23.0 Å². The maximum absolute atomic E-state index is 5.75. The molecule has 0 unspecified atom stereocenters. The van der Waals surface area contributed by atoms with Gasteiger partial charge in [-0.1, -0.05) is 90.2 Å². The normalized spacial score (nSPS) is 13.4. The molecule has 48 heavy (non-hydrogen) atoms. The second-order valence-electron chi connectivity index (χ2n) is 12.6. The minimum Gasteiger partial charge on any atom is -0.497 e. The SMILES string of the molecule is CCCCCCCCN(CCCCCCCC)c1ccc(/N=C2\N=C(c3ccccc3OC)N=C2c2cc(OC)ccc2OC)c(C)c1. The van der Waals surface area contributed by atoms with Crippen molar-refractivity contribution < 1.29 is 14.2 Å². The molecule has 3 aromatic rings. The number of benzene rings is 3. The van der Waals surface area contributed by atoms with E-state index in [1.807, 2.05) is 42.5 Å². The Morgan fingerprint density at radius 2 is 1.25 bits per heavy atom. The van der Waals surface area contributed by atoms with Crippen LogP contribution in [0.15, 0.2) is 75.6 Å². The van der Waals surface area contributed by atoms with Gasteiger partial charge in [-0.15, -0.1) is 0 Å². The van der Waals surface area contributed by atoms with Crippen LogP contribution in [0.1, 0.15) is 108 Å². The van der Waals surface area contributed by atoms with Crippen molar-refractivity contribution in [1.82, 2.24) is 0 Å². The van der Waals surface area contributed by atoms with E-state index in [0.717, 1.165) is 35.5 Å². The average molecular weight is 653 g/mol. The molecule has 0 radical (unpaired) electrons. The third-order valence-electron chi connectivity index (χ3n) is 8.99. The van der Waals surface area contributed by atoms with E-state index in [1.165, 1.54) is 82.7 Å². The van der Waals surface area contributed by atoms with Crippen molar-refractivity contribution in [2.24, 2.45) is 15.0 Å². The van der Waals surface area contributed by atoms with Crippen LogP contribution in [0, 0.1) is 6.92 Å². The summed E-state index contributed by atoms with van der Waals surface area (Å²) in [6, 6.07) is 20.1. The Kier molecular flexibility index (Phi) is 15.0. The lowest BCUT2D eigenvalue weighted by molar-refractivity contribution is 0.402. The zero-order chi connectivity index (χ0) is 34.1. The summed E-state index contributed by atoms with van der Waals surface area (Å²) < 4.78 is 17.0. The quantitative estimate of drug-likeness (QED) is 0.107. The van der Waals surface area contributed by atoms with E-state index in [0.29, 0.717) is 34.6 Å². The first-order valence-corrected chi connectivity index (χ1v) is 18.0. The van der Waals surface area contributed by atoms with Gasteiger partial charge in [0.15, 0.2) is 11.7 Å². The molecule has 0 bridgehead atoms. The van der Waals surface area contributed by atoms with Crippen LogP contribution in [-0.4, -0.2) is 51.8 Å². The van der Waals surface area contributed by atoms with Crippen LogP contribution in [-0.2, 0) is 0 Å².